The van der Waals surface area contributed by atoms with E-state index in [1.165, 1.54) is 0 Å². The number of amides is 1. The predicted molar refractivity (Wildman–Crippen MR) is 81.7 cm³/mol. The van der Waals surface area contributed by atoms with Crippen molar-refractivity contribution in [1.82, 2.24) is 19.4 Å². The van der Waals surface area contributed by atoms with Gasteiger partial charge in [0.05, 0.1) is 6.04 Å². The van der Waals surface area contributed by atoms with Gasteiger partial charge in [-0.25, -0.2) is 4.98 Å². The van der Waals surface area contributed by atoms with Gasteiger partial charge in [0.2, 0.25) is 5.91 Å². The van der Waals surface area contributed by atoms with Gasteiger partial charge in [0.1, 0.15) is 5.82 Å². The monoisotopic (exact) mass is 288 g/mol. The molecule has 5 nitrogen and oxygen atoms in total. The van der Waals surface area contributed by atoms with Crippen molar-refractivity contribution in [2.75, 3.05) is 26.2 Å². The van der Waals surface area contributed by atoms with Gasteiger partial charge < -0.3 is 9.47 Å². The number of likely N-dealkylation sites (N-methyl/N-ethyl adjacent to an activating group) is 1. The molecule has 0 bridgehead atoms. The lowest BCUT2D eigenvalue weighted by atomic mass is 10.1. The highest BCUT2D eigenvalue weighted by Gasteiger charge is 2.33. The van der Waals surface area contributed by atoms with E-state index in [2.05, 4.69) is 27.5 Å². The summed E-state index contributed by atoms with van der Waals surface area (Å²) in [6.45, 7) is 5.65. The van der Waals surface area contributed by atoms with Crippen LogP contribution in [0.15, 0.2) is 24.0 Å². The Bertz CT molecular complexity index is 548. The van der Waals surface area contributed by atoms with E-state index in [0.29, 0.717) is 0 Å². The van der Waals surface area contributed by atoms with Crippen LogP contribution in [0.25, 0.3) is 0 Å². The van der Waals surface area contributed by atoms with Crippen molar-refractivity contribution >= 4 is 5.91 Å². The number of aryl methyl sites for hydroxylation is 1. The summed E-state index contributed by atoms with van der Waals surface area (Å²) in [5.41, 5.74) is 1.01. The molecule has 0 spiro atoms. The van der Waals surface area contributed by atoms with E-state index in [0.717, 1.165) is 56.8 Å². The summed E-state index contributed by atoms with van der Waals surface area (Å²) in [6.07, 6.45) is 9.05. The van der Waals surface area contributed by atoms with Crippen LogP contribution in [0, 0.1) is 0 Å². The van der Waals surface area contributed by atoms with Crippen LogP contribution in [0.4, 0.5) is 0 Å². The maximum atomic E-state index is 12.6. The maximum Gasteiger partial charge on any atom is 0.249 e. The Balaban J connectivity index is 1.78. The second kappa shape index (κ2) is 6.02. The maximum absolute atomic E-state index is 12.6. The second-order valence-corrected chi connectivity index (χ2v) is 5.91. The molecule has 1 aromatic rings. The number of aromatic nitrogens is 2. The molecule has 0 saturated carbocycles. The van der Waals surface area contributed by atoms with Crippen molar-refractivity contribution in [1.29, 1.82) is 0 Å². The van der Waals surface area contributed by atoms with Crippen molar-refractivity contribution in [3.8, 4) is 0 Å². The fourth-order valence-corrected chi connectivity index (χ4v) is 3.39. The molecule has 1 aliphatic heterocycles. The molecule has 1 aromatic heterocycles. The molecule has 114 valence electrons. The standard InChI is InChI=1S/C16H24N4O/c1-3-19-10-11-20(16(21)13-6-4-5-7-13)12-14(19)15-17-8-9-18(15)2/h6,8-9,14H,3-5,7,10-12H2,1-2H3/t14-/m0/s1. The van der Waals surface area contributed by atoms with Gasteiger partial charge in [-0.3, -0.25) is 9.69 Å². The van der Waals surface area contributed by atoms with E-state index in [-0.39, 0.29) is 11.9 Å². The first kappa shape index (κ1) is 14.3. The van der Waals surface area contributed by atoms with Gasteiger partial charge in [-0.15, -0.1) is 0 Å². The minimum Gasteiger partial charge on any atom is -0.337 e. The van der Waals surface area contributed by atoms with Gasteiger partial charge in [0.15, 0.2) is 0 Å². The van der Waals surface area contributed by atoms with E-state index in [4.69, 9.17) is 0 Å². The van der Waals surface area contributed by atoms with Crippen molar-refractivity contribution in [3.05, 3.63) is 29.9 Å². The molecule has 3 rings (SSSR count). The minimum atomic E-state index is 0.203. The van der Waals surface area contributed by atoms with E-state index < -0.39 is 0 Å². The zero-order valence-electron chi connectivity index (χ0n) is 13.0. The van der Waals surface area contributed by atoms with E-state index in [9.17, 15) is 4.79 Å². The third-order valence-corrected chi connectivity index (χ3v) is 4.66. The van der Waals surface area contributed by atoms with Crippen molar-refractivity contribution in [2.45, 2.75) is 32.2 Å². The molecule has 1 atom stereocenters. The third-order valence-electron chi connectivity index (χ3n) is 4.66. The summed E-state index contributed by atoms with van der Waals surface area (Å²) in [4.78, 5) is 21.5. The molecule has 5 heteroatoms. The van der Waals surface area contributed by atoms with Gasteiger partial charge in [-0.1, -0.05) is 13.0 Å². The Morgan fingerprint density at radius 2 is 2.29 bits per heavy atom. The Labute approximate surface area is 126 Å². The van der Waals surface area contributed by atoms with Gasteiger partial charge >= 0.3 is 0 Å². The van der Waals surface area contributed by atoms with E-state index >= 15 is 0 Å². The van der Waals surface area contributed by atoms with Gasteiger partial charge in [0.25, 0.3) is 0 Å². The molecule has 1 amide bonds. The Morgan fingerprint density at radius 1 is 1.43 bits per heavy atom. The highest BCUT2D eigenvalue weighted by atomic mass is 16.2. The number of carbonyl (C=O) groups excluding carboxylic acids is 1. The quantitative estimate of drug-likeness (QED) is 0.850. The molecule has 1 saturated heterocycles. The molecule has 0 unspecified atom stereocenters. The highest BCUT2D eigenvalue weighted by molar-refractivity contribution is 5.93. The van der Waals surface area contributed by atoms with Gasteiger partial charge in [-0.2, -0.15) is 0 Å². The summed E-state index contributed by atoms with van der Waals surface area (Å²) < 4.78 is 2.07. The van der Waals surface area contributed by atoms with Crippen LogP contribution in [0.5, 0.6) is 0 Å². The molecule has 2 heterocycles. The molecular weight excluding hydrogens is 264 g/mol. The summed E-state index contributed by atoms with van der Waals surface area (Å²) in [6, 6.07) is 0.203. The fraction of sp³-hybridized carbons (Fsp3) is 0.625. The van der Waals surface area contributed by atoms with Gasteiger partial charge in [0, 0.05) is 44.6 Å². The van der Waals surface area contributed by atoms with Gasteiger partial charge in [-0.05, 0) is 25.8 Å². The van der Waals surface area contributed by atoms with Crippen molar-refractivity contribution < 1.29 is 4.79 Å². The molecule has 1 fully saturated rings. The number of nitrogens with zero attached hydrogens (tertiary/aromatic N) is 4. The van der Waals surface area contributed by atoms with Crippen molar-refractivity contribution in [3.63, 3.8) is 0 Å². The Morgan fingerprint density at radius 3 is 2.90 bits per heavy atom. The zero-order chi connectivity index (χ0) is 14.8. The van der Waals surface area contributed by atoms with Crippen LogP contribution in [0.2, 0.25) is 0 Å². The van der Waals surface area contributed by atoms with Crippen LogP contribution in [-0.2, 0) is 11.8 Å². The van der Waals surface area contributed by atoms with Crippen LogP contribution in [0.3, 0.4) is 0 Å². The van der Waals surface area contributed by atoms with Crippen LogP contribution < -0.4 is 0 Å². The average Bonchev–Trinajstić information content (AvgIpc) is 3.17. The topological polar surface area (TPSA) is 41.4 Å². The average molecular weight is 288 g/mol. The fourth-order valence-electron chi connectivity index (χ4n) is 3.39. The van der Waals surface area contributed by atoms with Crippen molar-refractivity contribution in [2.24, 2.45) is 7.05 Å². The third kappa shape index (κ3) is 2.75. The lowest BCUT2D eigenvalue weighted by Gasteiger charge is -2.40. The number of imidazole rings is 1. The lowest BCUT2D eigenvalue weighted by molar-refractivity contribution is -0.130. The van der Waals surface area contributed by atoms with E-state index in [1.807, 2.05) is 24.3 Å². The Kier molecular flexibility index (Phi) is 4.10. The van der Waals surface area contributed by atoms with Crippen LogP contribution in [-0.4, -0.2) is 51.4 Å². The normalized spacial score (nSPS) is 23.4. The summed E-state index contributed by atoms with van der Waals surface area (Å²) in [5.74, 6) is 1.29. The molecular formula is C16H24N4O. The number of hydrogen-bond donors (Lipinski definition) is 0. The largest absolute Gasteiger partial charge is 0.337 e. The Hall–Kier alpha value is -1.62. The zero-order valence-corrected chi connectivity index (χ0v) is 13.0. The molecule has 1 aliphatic carbocycles. The first-order valence-electron chi connectivity index (χ1n) is 7.90. The molecule has 0 radical (unpaired) electrons. The highest BCUT2D eigenvalue weighted by Crippen LogP contribution is 2.26. The molecule has 21 heavy (non-hydrogen) atoms. The molecule has 0 N–H and O–H groups in total. The first-order valence-corrected chi connectivity index (χ1v) is 7.90. The number of allylic oxidation sites excluding steroid dienone is 1. The predicted octanol–water partition coefficient (Wildman–Crippen LogP) is 1.74. The number of carbonyl (C=O) groups is 1. The number of piperazine rings is 1. The second-order valence-electron chi connectivity index (χ2n) is 5.91. The minimum absolute atomic E-state index is 0.203. The summed E-state index contributed by atoms with van der Waals surface area (Å²) >= 11 is 0. The SMILES string of the molecule is CCN1CCN(C(=O)C2=CCCC2)C[C@H]1c1nccn1C. The molecule has 2 aliphatic rings. The van der Waals surface area contributed by atoms with Crippen LogP contribution >= 0.6 is 0 Å². The summed E-state index contributed by atoms with van der Waals surface area (Å²) in [5, 5.41) is 0. The van der Waals surface area contributed by atoms with E-state index in [1.54, 1.807) is 0 Å². The summed E-state index contributed by atoms with van der Waals surface area (Å²) in [7, 11) is 2.02. The lowest BCUT2D eigenvalue weighted by Crippen LogP contribution is -2.51. The van der Waals surface area contributed by atoms with Crippen LogP contribution in [0.1, 0.15) is 38.1 Å². The number of hydrogen-bond acceptors (Lipinski definition) is 3. The first-order chi connectivity index (χ1) is 10.2. The number of rotatable bonds is 3. The smallest absolute Gasteiger partial charge is 0.249 e. The molecule has 0 aromatic carbocycles.